The zero-order valence-electron chi connectivity index (χ0n) is 11.8. The lowest BCUT2D eigenvalue weighted by atomic mass is 10.2. The van der Waals surface area contributed by atoms with Crippen molar-refractivity contribution >= 4 is 45.8 Å². The maximum Gasteiger partial charge on any atom is 0.317 e. The van der Waals surface area contributed by atoms with Crippen molar-refractivity contribution < 1.29 is 14.4 Å². The first kappa shape index (κ1) is 16.8. The van der Waals surface area contributed by atoms with Gasteiger partial charge in [-0.2, -0.15) is 0 Å². The molecule has 0 saturated heterocycles. The summed E-state index contributed by atoms with van der Waals surface area (Å²) in [4.78, 5) is 34.7. The molecule has 0 unspecified atom stereocenters. The molecule has 6 N–H and O–H groups in total. The Kier molecular flexibility index (Phi) is 5.20. The second-order valence-corrected chi connectivity index (χ2v) is 5.94. The minimum absolute atomic E-state index is 0.0247. The normalized spacial score (nSPS) is 10.1. The smallest absolute Gasteiger partial charge is 0.317 e. The highest BCUT2D eigenvalue weighted by molar-refractivity contribution is 7.18. The number of hydrogen-bond acceptors (Lipinski definition) is 4. The number of anilines is 1. The fourth-order valence-corrected chi connectivity index (χ4v) is 2.98. The number of benzene rings is 1. The minimum Gasteiger partial charge on any atom is -0.366 e. The molecule has 0 aliphatic carbocycles. The van der Waals surface area contributed by atoms with Crippen molar-refractivity contribution in [2.75, 3.05) is 5.32 Å². The van der Waals surface area contributed by atoms with Crippen LogP contribution in [0.4, 0.5) is 9.80 Å². The monoisotopic (exact) mass is 352 g/mol. The lowest BCUT2D eigenvalue weighted by Crippen LogP contribution is -2.22. The Morgan fingerprint density at radius 3 is 2.48 bits per heavy atom. The maximum absolute atomic E-state index is 12.2. The first-order valence-corrected chi connectivity index (χ1v) is 7.59. The van der Waals surface area contributed by atoms with Gasteiger partial charge in [-0.05, 0) is 17.7 Å². The van der Waals surface area contributed by atoms with E-state index in [1.807, 2.05) is 0 Å². The Labute approximate surface area is 140 Å². The molecule has 0 bridgehead atoms. The van der Waals surface area contributed by atoms with Crippen molar-refractivity contribution in [1.29, 1.82) is 0 Å². The summed E-state index contributed by atoms with van der Waals surface area (Å²) in [6.07, 6.45) is 0. The van der Waals surface area contributed by atoms with Gasteiger partial charge in [-0.25, -0.2) is 4.79 Å². The summed E-state index contributed by atoms with van der Waals surface area (Å²) in [6.45, 7) is 0.223. The molecule has 0 fully saturated rings. The molecule has 120 valence electrons. The number of hydrogen-bond donors (Lipinski definition) is 4. The summed E-state index contributed by atoms with van der Waals surface area (Å²) < 4.78 is 0. The number of rotatable bonds is 5. The Balaban J connectivity index is 2.14. The number of carbonyl (C=O) groups excluding carboxylic acids is 3. The topological polar surface area (TPSA) is 127 Å². The first-order valence-electron chi connectivity index (χ1n) is 6.40. The number of primary amides is 2. The van der Waals surface area contributed by atoms with Crippen LogP contribution in [0.1, 0.15) is 25.6 Å². The molecule has 7 nitrogen and oxygen atoms in total. The molecular formula is C14H13ClN4O3S. The molecule has 0 saturated carbocycles. The highest BCUT2D eigenvalue weighted by Crippen LogP contribution is 2.28. The fourth-order valence-electron chi connectivity index (χ4n) is 1.80. The molecule has 2 aromatic rings. The molecule has 1 heterocycles. The molecule has 1 aromatic heterocycles. The zero-order chi connectivity index (χ0) is 17.0. The van der Waals surface area contributed by atoms with E-state index in [-0.39, 0.29) is 22.0 Å². The second kappa shape index (κ2) is 7.12. The Morgan fingerprint density at radius 1 is 1.17 bits per heavy atom. The van der Waals surface area contributed by atoms with Crippen molar-refractivity contribution in [2.24, 2.45) is 11.5 Å². The third-order valence-electron chi connectivity index (χ3n) is 2.86. The van der Waals surface area contributed by atoms with Gasteiger partial charge >= 0.3 is 6.03 Å². The number of nitrogens with two attached hydrogens (primary N) is 2. The molecule has 0 radical (unpaired) electrons. The summed E-state index contributed by atoms with van der Waals surface area (Å²) in [5.74, 6) is -1.19. The molecule has 0 aliphatic rings. The van der Waals surface area contributed by atoms with Crippen LogP contribution in [0.2, 0.25) is 5.02 Å². The Morgan fingerprint density at radius 2 is 1.87 bits per heavy atom. The third-order valence-corrected chi connectivity index (χ3v) is 4.27. The van der Waals surface area contributed by atoms with E-state index >= 15 is 0 Å². The van der Waals surface area contributed by atoms with E-state index in [0.717, 1.165) is 16.9 Å². The predicted octanol–water partition coefficient (Wildman–Crippen LogP) is 1.92. The van der Waals surface area contributed by atoms with Gasteiger partial charge in [-0.15, -0.1) is 11.3 Å². The largest absolute Gasteiger partial charge is 0.366 e. The highest BCUT2D eigenvalue weighted by Gasteiger charge is 2.19. The van der Waals surface area contributed by atoms with Crippen molar-refractivity contribution in [3.63, 3.8) is 0 Å². The van der Waals surface area contributed by atoms with Crippen molar-refractivity contribution in [3.05, 3.63) is 51.4 Å². The lowest BCUT2D eigenvalue weighted by molar-refractivity contribution is 0.0955. The van der Waals surface area contributed by atoms with E-state index in [2.05, 4.69) is 10.6 Å². The van der Waals surface area contributed by atoms with Crippen molar-refractivity contribution in [3.8, 4) is 0 Å². The minimum atomic E-state index is -0.850. The summed E-state index contributed by atoms with van der Waals surface area (Å²) in [7, 11) is 0. The molecule has 23 heavy (non-hydrogen) atoms. The van der Waals surface area contributed by atoms with Gasteiger partial charge in [0.15, 0.2) is 0 Å². The van der Waals surface area contributed by atoms with Crippen molar-refractivity contribution in [1.82, 2.24) is 5.32 Å². The highest BCUT2D eigenvalue weighted by atomic mass is 35.5. The predicted molar refractivity (Wildman–Crippen MR) is 88.7 cm³/mol. The number of amides is 4. The van der Waals surface area contributed by atoms with Crippen LogP contribution in [-0.2, 0) is 6.54 Å². The van der Waals surface area contributed by atoms with Gasteiger partial charge in [-0.1, -0.05) is 29.8 Å². The van der Waals surface area contributed by atoms with Gasteiger partial charge in [0.2, 0.25) is 0 Å². The number of carbonyl (C=O) groups is 3. The molecular weight excluding hydrogens is 340 g/mol. The van der Waals surface area contributed by atoms with Crippen LogP contribution < -0.4 is 22.1 Å². The van der Waals surface area contributed by atoms with Crippen LogP contribution in [0.15, 0.2) is 30.3 Å². The van der Waals surface area contributed by atoms with E-state index in [1.54, 1.807) is 24.3 Å². The number of thiophene rings is 1. The number of urea groups is 1. The standard InChI is InChI=1S/C14H13ClN4O3S/c15-9-4-2-1-3-7(9)6-18-12(21)10-5-8(11(16)20)13(23-10)19-14(17)22/h1-5H,6H2,(H2,16,20)(H,18,21)(H3,17,19,22). The van der Waals surface area contributed by atoms with Crippen LogP contribution >= 0.6 is 22.9 Å². The van der Waals surface area contributed by atoms with Gasteiger partial charge in [-0.3, -0.25) is 14.9 Å². The first-order chi connectivity index (χ1) is 10.9. The van der Waals surface area contributed by atoms with Gasteiger partial charge in [0, 0.05) is 11.6 Å². The van der Waals surface area contributed by atoms with E-state index in [4.69, 9.17) is 23.1 Å². The SMILES string of the molecule is NC(=O)Nc1sc(C(=O)NCc2ccccc2Cl)cc1C(N)=O. The van der Waals surface area contributed by atoms with E-state index in [9.17, 15) is 14.4 Å². The summed E-state index contributed by atoms with van der Waals surface area (Å²) in [5, 5.41) is 5.62. The van der Waals surface area contributed by atoms with E-state index in [1.165, 1.54) is 6.07 Å². The van der Waals surface area contributed by atoms with Gasteiger partial charge in [0.1, 0.15) is 5.00 Å². The van der Waals surface area contributed by atoms with Crippen LogP contribution in [0.5, 0.6) is 0 Å². The summed E-state index contributed by atoms with van der Waals surface area (Å²) in [6, 6.07) is 7.55. The van der Waals surface area contributed by atoms with Gasteiger partial charge in [0.05, 0.1) is 10.4 Å². The van der Waals surface area contributed by atoms with Crippen molar-refractivity contribution in [2.45, 2.75) is 6.54 Å². The molecule has 0 atom stereocenters. The average molecular weight is 353 g/mol. The van der Waals surface area contributed by atoms with Gasteiger partial charge in [0.25, 0.3) is 11.8 Å². The van der Waals surface area contributed by atoms with Crippen LogP contribution in [0.3, 0.4) is 0 Å². The molecule has 2 rings (SSSR count). The second-order valence-electron chi connectivity index (χ2n) is 4.48. The Bertz CT molecular complexity index is 775. The number of halogens is 1. The summed E-state index contributed by atoms with van der Waals surface area (Å²) in [5.41, 5.74) is 11.0. The van der Waals surface area contributed by atoms with E-state index in [0.29, 0.717) is 5.02 Å². The van der Waals surface area contributed by atoms with Gasteiger partial charge < -0.3 is 16.8 Å². The fraction of sp³-hybridized carbons (Fsp3) is 0.0714. The molecule has 0 aliphatic heterocycles. The third kappa shape index (κ3) is 4.21. The molecule has 4 amide bonds. The zero-order valence-corrected chi connectivity index (χ0v) is 13.3. The average Bonchev–Trinajstić information content (AvgIpc) is 2.89. The van der Waals surface area contributed by atoms with E-state index < -0.39 is 17.8 Å². The van der Waals surface area contributed by atoms with Crippen LogP contribution in [0, 0.1) is 0 Å². The molecule has 9 heteroatoms. The Hall–Kier alpha value is -2.58. The number of nitrogens with one attached hydrogen (secondary N) is 2. The molecule has 0 spiro atoms. The van der Waals surface area contributed by atoms with Crippen LogP contribution in [0.25, 0.3) is 0 Å². The lowest BCUT2D eigenvalue weighted by Gasteiger charge is -2.05. The quantitative estimate of drug-likeness (QED) is 0.656. The molecule has 1 aromatic carbocycles. The summed E-state index contributed by atoms with van der Waals surface area (Å²) >= 11 is 6.92. The maximum atomic E-state index is 12.2. The van der Waals surface area contributed by atoms with Crippen LogP contribution in [-0.4, -0.2) is 17.8 Å².